The molecule has 1 aromatic rings. The van der Waals surface area contributed by atoms with Crippen LogP contribution in [0.4, 0.5) is 0 Å². The van der Waals surface area contributed by atoms with Gasteiger partial charge in [0.15, 0.2) is 0 Å². The smallest absolute Gasteiger partial charge is 0.315 e. The largest absolute Gasteiger partial charge is 0.426 e. The third-order valence-corrected chi connectivity index (χ3v) is 3.90. The van der Waals surface area contributed by atoms with E-state index in [0.717, 1.165) is 6.42 Å². The molecule has 1 aromatic carbocycles. The van der Waals surface area contributed by atoms with Crippen molar-refractivity contribution in [3.63, 3.8) is 0 Å². The predicted molar refractivity (Wildman–Crippen MR) is 97.7 cm³/mol. The van der Waals surface area contributed by atoms with E-state index in [4.69, 9.17) is 4.74 Å². The molecule has 0 fully saturated rings. The van der Waals surface area contributed by atoms with Gasteiger partial charge >= 0.3 is 5.97 Å². The number of carbonyl (C=O) groups excluding carboxylic acids is 1. The Hall–Kier alpha value is -1.57. The highest BCUT2D eigenvalue weighted by Crippen LogP contribution is 2.11. The fourth-order valence-electron chi connectivity index (χ4n) is 2.53. The molecule has 0 N–H and O–H groups in total. The van der Waals surface area contributed by atoms with E-state index in [0.29, 0.717) is 12.2 Å². The number of hydrogen-bond acceptors (Lipinski definition) is 2. The monoisotopic (exact) mass is 316 g/mol. The van der Waals surface area contributed by atoms with Gasteiger partial charge in [0.2, 0.25) is 0 Å². The van der Waals surface area contributed by atoms with E-state index in [-0.39, 0.29) is 5.97 Å². The van der Waals surface area contributed by atoms with Gasteiger partial charge in [0.1, 0.15) is 5.75 Å². The fourth-order valence-corrected chi connectivity index (χ4v) is 2.53. The van der Waals surface area contributed by atoms with Crippen LogP contribution in [0.15, 0.2) is 42.5 Å². The Morgan fingerprint density at radius 2 is 1.48 bits per heavy atom. The average Bonchev–Trinajstić information content (AvgIpc) is 2.57. The second kappa shape index (κ2) is 14.0. The Morgan fingerprint density at radius 3 is 2.13 bits per heavy atom. The maximum Gasteiger partial charge on any atom is 0.315 e. The molecule has 0 saturated carbocycles. The van der Waals surface area contributed by atoms with Crippen LogP contribution in [0.5, 0.6) is 5.75 Å². The van der Waals surface area contributed by atoms with E-state index < -0.39 is 0 Å². The van der Waals surface area contributed by atoms with Crippen molar-refractivity contribution in [2.45, 2.75) is 77.6 Å². The highest BCUT2D eigenvalue weighted by atomic mass is 16.5. The van der Waals surface area contributed by atoms with Gasteiger partial charge in [-0.25, -0.2) is 0 Å². The minimum absolute atomic E-state index is 0.195. The first-order valence-corrected chi connectivity index (χ1v) is 9.23. The van der Waals surface area contributed by atoms with Gasteiger partial charge in [0, 0.05) is 0 Å². The van der Waals surface area contributed by atoms with Crippen molar-refractivity contribution in [3.8, 4) is 5.75 Å². The molecule has 0 atom stereocenters. The van der Waals surface area contributed by atoms with Crippen LogP contribution in [0.25, 0.3) is 0 Å². The van der Waals surface area contributed by atoms with Crippen molar-refractivity contribution in [1.29, 1.82) is 0 Å². The normalized spacial score (nSPS) is 11.0. The molecule has 0 saturated heterocycles. The summed E-state index contributed by atoms with van der Waals surface area (Å²) in [4.78, 5) is 11.6. The Balaban J connectivity index is 1.91. The highest BCUT2D eigenvalue weighted by Gasteiger charge is 2.00. The van der Waals surface area contributed by atoms with Gasteiger partial charge < -0.3 is 4.74 Å². The molecule has 0 unspecified atom stereocenters. The molecular formula is C21H32O2. The molecule has 0 radical (unpaired) electrons. The summed E-state index contributed by atoms with van der Waals surface area (Å²) in [7, 11) is 0. The van der Waals surface area contributed by atoms with Gasteiger partial charge in [-0.15, -0.1) is 0 Å². The number of para-hydroxylation sites is 1. The molecule has 23 heavy (non-hydrogen) atoms. The van der Waals surface area contributed by atoms with E-state index in [1.807, 2.05) is 24.3 Å². The molecule has 0 bridgehead atoms. The lowest BCUT2D eigenvalue weighted by Crippen LogP contribution is -2.05. The molecule has 0 aliphatic carbocycles. The molecule has 128 valence electrons. The van der Waals surface area contributed by atoms with Crippen LogP contribution in [-0.4, -0.2) is 5.97 Å². The Morgan fingerprint density at radius 1 is 0.870 bits per heavy atom. The number of esters is 1. The number of carbonyl (C=O) groups is 1. The second-order valence-electron chi connectivity index (χ2n) is 6.08. The Kier molecular flexibility index (Phi) is 11.9. The molecule has 0 aliphatic heterocycles. The SMILES string of the molecule is CCCCCCCCCCCC=CCC(=O)Oc1ccccc1. The average molecular weight is 316 g/mol. The third-order valence-electron chi connectivity index (χ3n) is 3.90. The van der Waals surface area contributed by atoms with E-state index in [9.17, 15) is 4.79 Å². The van der Waals surface area contributed by atoms with E-state index in [1.165, 1.54) is 57.8 Å². The zero-order valence-corrected chi connectivity index (χ0v) is 14.6. The lowest BCUT2D eigenvalue weighted by Gasteiger charge is -2.01. The van der Waals surface area contributed by atoms with Crippen LogP contribution in [0, 0.1) is 0 Å². The number of hydrogen-bond donors (Lipinski definition) is 0. The van der Waals surface area contributed by atoms with Crippen LogP contribution in [-0.2, 0) is 4.79 Å². The Labute approximate surface area is 141 Å². The standard InChI is InChI=1S/C21H32O2/c1-2-3-4-5-6-7-8-9-10-11-12-16-19-21(22)23-20-17-14-13-15-18-20/h12-18H,2-11,19H2,1H3. The van der Waals surface area contributed by atoms with Gasteiger partial charge in [0.25, 0.3) is 0 Å². The number of rotatable bonds is 13. The van der Waals surface area contributed by atoms with Crippen molar-refractivity contribution in [2.75, 3.05) is 0 Å². The van der Waals surface area contributed by atoms with Gasteiger partial charge in [0.05, 0.1) is 6.42 Å². The quantitative estimate of drug-likeness (QED) is 0.181. The zero-order valence-electron chi connectivity index (χ0n) is 14.6. The molecule has 0 amide bonds. The van der Waals surface area contributed by atoms with E-state index in [1.54, 1.807) is 12.1 Å². The molecule has 0 aliphatic rings. The van der Waals surface area contributed by atoms with E-state index >= 15 is 0 Å². The summed E-state index contributed by atoms with van der Waals surface area (Å²) in [5.41, 5.74) is 0. The number of benzene rings is 1. The summed E-state index contributed by atoms with van der Waals surface area (Å²) in [6.45, 7) is 2.26. The predicted octanol–water partition coefficient (Wildman–Crippen LogP) is 6.46. The van der Waals surface area contributed by atoms with Crippen LogP contribution < -0.4 is 4.74 Å². The minimum atomic E-state index is -0.195. The molecule has 0 spiro atoms. The molecule has 2 heteroatoms. The maximum atomic E-state index is 11.6. The minimum Gasteiger partial charge on any atom is -0.426 e. The summed E-state index contributed by atoms with van der Waals surface area (Å²) in [5, 5.41) is 0. The second-order valence-corrected chi connectivity index (χ2v) is 6.08. The summed E-state index contributed by atoms with van der Waals surface area (Å²) in [5.74, 6) is 0.421. The van der Waals surface area contributed by atoms with Crippen LogP contribution in [0.3, 0.4) is 0 Å². The summed E-state index contributed by atoms with van der Waals surface area (Å²) >= 11 is 0. The molecule has 2 nitrogen and oxygen atoms in total. The van der Waals surface area contributed by atoms with Gasteiger partial charge in [-0.2, -0.15) is 0 Å². The van der Waals surface area contributed by atoms with Crippen LogP contribution >= 0.6 is 0 Å². The van der Waals surface area contributed by atoms with Crippen molar-refractivity contribution in [1.82, 2.24) is 0 Å². The van der Waals surface area contributed by atoms with Gasteiger partial charge in [-0.3, -0.25) is 4.79 Å². The summed E-state index contributed by atoms with van der Waals surface area (Å²) in [6.07, 6.45) is 17.6. The van der Waals surface area contributed by atoms with E-state index in [2.05, 4.69) is 13.0 Å². The number of unbranched alkanes of at least 4 members (excludes halogenated alkanes) is 9. The maximum absolute atomic E-state index is 11.6. The first kappa shape index (κ1) is 19.5. The molecule has 1 rings (SSSR count). The zero-order chi connectivity index (χ0) is 16.6. The molecule has 0 aromatic heterocycles. The first-order chi connectivity index (χ1) is 11.3. The van der Waals surface area contributed by atoms with Gasteiger partial charge in [-0.05, 0) is 25.0 Å². The molecular weight excluding hydrogens is 284 g/mol. The lowest BCUT2D eigenvalue weighted by atomic mass is 10.1. The Bertz CT molecular complexity index is 423. The van der Waals surface area contributed by atoms with Crippen molar-refractivity contribution < 1.29 is 9.53 Å². The number of ether oxygens (including phenoxy) is 1. The summed E-state index contributed by atoms with van der Waals surface area (Å²) in [6, 6.07) is 9.22. The van der Waals surface area contributed by atoms with Crippen LogP contribution in [0.2, 0.25) is 0 Å². The summed E-state index contributed by atoms with van der Waals surface area (Å²) < 4.78 is 5.22. The third kappa shape index (κ3) is 11.6. The lowest BCUT2D eigenvalue weighted by molar-refractivity contribution is -0.133. The first-order valence-electron chi connectivity index (χ1n) is 9.23. The van der Waals surface area contributed by atoms with Crippen LogP contribution in [0.1, 0.15) is 77.6 Å². The topological polar surface area (TPSA) is 26.3 Å². The fraction of sp³-hybridized carbons (Fsp3) is 0.571. The highest BCUT2D eigenvalue weighted by molar-refractivity contribution is 5.73. The van der Waals surface area contributed by atoms with Crippen molar-refractivity contribution >= 4 is 5.97 Å². The van der Waals surface area contributed by atoms with Crippen molar-refractivity contribution in [3.05, 3.63) is 42.5 Å². The number of allylic oxidation sites excluding steroid dienone is 1. The van der Waals surface area contributed by atoms with Gasteiger partial charge in [-0.1, -0.05) is 88.6 Å². The van der Waals surface area contributed by atoms with Crippen molar-refractivity contribution in [2.24, 2.45) is 0 Å². The molecule has 0 heterocycles.